The Bertz CT molecular complexity index is 532. The highest BCUT2D eigenvalue weighted by atomic mass is 35.5. The molecule has 4 amide bonds. The Kier molecular flexibility index (Phi) is 6.49. The zero-order valence-electron chi connectivity index (χ0n) is 13.0. The second kappa shape index (κ2) is 8.59. The van der Waals surface area contributed by atoms with E-state index < -0.39 is 0 Å². The standard InChI is InChI=1S/C15H21ClN4O3/c1-17-14(21)19-13-8-20(9-13)15(22)18-6-7-23-10-11-2-4-12(16)5-3-11/h2-5,13H,6-10H2,1H3,(H,18,22)(H2,17,19,21). The molecule has 8 heteroatoms. The van der Waals surface area contributed by atoms with Gasteiger partial charge >= 0.3 is 12.1 Å². The van der Waals surface area contributed by atoms with E-state index in [1.807, 2.05) is 24.3 Å². The molecule has 126 valence electrons. The molecule has 0 aromatic heterocycles. The van der Waals surface area contributed by atoms with Crippen LogP contribution in [0.15, 0.2) is 24.3 Å². The molecule has 0 spiro atoms. The number of carbonyl (C=O) groups excluding carboxylic acids is 2. The molecule has 3 N–H and O–H groups in total. The molecule has 0 saturated carbocycles. The van der Waals surface area contributed by atoms with Crippen molar-refractivity contribution >= 4 is 23.7 Å². The zero-order chi connectivity index (χ0) is 16.7. The lowest BCUT2D eigenvalue weighted by molar-refractivity contribution is 0.114. The van der Waals surface area contributed by atoms with Crippen LogP contribution in [-0.4, -0.2) is 56.3 Å². The van der Waals surface area contributed by atoms with Gasteiger partial charge in [0, 0.05) is 31.7 Å². The molecular formula is C15H21ClN4O3. The van der Waals surface area contributed by atoms with Gasteiger partial charge in [0.1, 0.15) is 0 Å². The molecule has 1 aliphatic rings. The molecule has 2 rings (SSSR count). The van der Waals surface area contributed by atoms with Crippen molar-refractivity contribution in [2.24, 2.45) is 0 Å². The van der Waals surface area contributed by atoms with Crippen LogP contribution in [0, 0.1) is 0 Å². The third-order valence-corrected chi connectivity index (χ3v) is 3.69. The average Bonchev–Trinajstić information content (AvgIpc) is 2.51. The van der Waals surface area contributed by atoms with E-state index in [-0.39, 0.29) is 18.1 Å². The summed E-state index contributed by atoms with van der Waals surface area (Å²) in [5, 5.41) is 8.70. The Balaban J connectivity index is 1.52. The summed E-state index contributed by atoms with van der Waals surface area (Å²) in [5.74, 6) is 0. The fourth-order valence-corrected chi connectivity index (χ4v) is 2.23. The molecule has 1 aliphatic heterocycles. The van der Waals surface area contributed by atoms with Crippen LogP contribution in [0.1, 0.15) is 5.56 Å². The van der Waals surface area contributed by atoms with Crippen molar-refractivity contribution in [1.29, 1.82) is 0 Å². The Morgan fingerprint density at radius 1 is 1.30 bits per heavy atom. The highest BCUT2D eigenvalue weighted by molar-refractivity contribution is 6.30. The van der Waals surface area contributed by atoms with Crippen LogP contribution in [0.25, 0.3) is 0 Å². The van der Waals surface area contributed by atoms with Crippen molar-refractivity contribution in [3.8, 4) is 0 Å². The second-order valence-corrected chi connectivity index (χ2v) is 5.67. The minimum absolute atomic E-state index is 0.0156. The van der Waals surface area contributed by atoms with Crippen molar-refractivity contribution in [3.63, 3.8) is 0 Å². The first-order chi connectivity index (χ1) is 11.1. The summed E-state index contributed by atoms with van der Waals surface area (Å²) < 4.78 is 5.49. The van der Waals surface area contributed by atoms with Crippen LogP contribution < -0.4 is 16.0 Å². The van der Waals surface area contributed by atoms with Crippen molar-refractivity contribution < 1.29 is 14.3 Å². The maximum atomic E-state index is 11.8. The third-order valence-electron chi connectivity index (χ3n) is 3.44. The fourth-order valence-electron chi connectivity index (χ4n) is 2.11. The van der Waals surface area contributed by atoms with Gasteiger partial charge in [-0.2, -0.15) is 0 Å². The summed E-state index contributed by atoms with van der Waals surface area (Å²) in [6.07, 6.45) is 0. The Morgan fingerprint density at radius 2 is 2.00 bits per heavy atom. The zero-order valence-corrected chi connectivity index (χ0v) is 13.7. The minimum Gasteiger partial charge on any atom is -0.375 e. The largest absolute Gasteiger partial charge is 0.375 e. The van der Waals surface area contributed by atoms with Crippen LogP contribution in [0.3, 0.4) is 0 Å². The van der Waals surface area contributed by atoms with E-state index in [9.17, 15) is 9.59 Å². The van der Waals surface area contributed by atoms with E-state index in [1.54, 1.807) is 11.9 Å². The number of rotatable bonds is 6. The average molecular weight is 341 g/mol. The van der Waals surface area contributed by atoms with Gasteiger partial charge in [-0.25, -0.2) is 9.59 Å². The van der Waals surface area contributed by atoms with Gasteiger partial charge in [-0.05, 0) is 17.7 Å². The molecule has 1 saturated heterocycles. The lowest BCUT2D eigenvalue weighted by atomic mass is 10.1. The summed E-state index contributed by atoms with van der Waals surface area (Å²) in [6.45, 7) is 2.39. The van der Waals surface area contributed by atoms with Crippen molar-refractivity contribution in [2.75, 3.05) is 33.3 Å². The molecule has 0 bridgehead atoms. The first kappa shape index (κ1) is 17.4. The summed E-state index contributed by atoms with van der Waals surface area (Å²) in [6, 6.07) is 7.08. The van der Waals surface area contributed by atoms with Gasteiger partial charge in [-0.1, -0.05) is 23.7 Å². The first-order valence-corrected chi connectivity index (χ1v) is 7.79. The van der Waals surface area contributed by atoms with Crippen LogP contribution >= 0.6 is 11.6 Å². The number of ether oxygens (including phenoxy) is 1. The normalized spacial score (nSPS) is 14.1. The van der Waals surface area contributed by atoms with Crippen molar-refractivity contribution in [2.45, 2.75) is 12.6 Å². The maximum absolute atomic E-state index is 11.8. The summed E-state index contributed by atoms with van der Waals surface area (Å²) in [7, 11) is 1.56. The maximum Gasteiger partial charge on any atom is 0.317 e. The van der Waals surface area contributed by atoms with Crippen molar-refractivity contribution in [1.82, 2.24) is 20.9 Å². The van der Waals surface area contributed by atoms with E-state index in [4.69, 9.17) is 16.3 Å². The highest BCUT2D eigenvalue weighted by Gasteiger charge is 2.31. The van der Waals surface area contributed by atoms with Gasteiger partial charge in [-0.3, -0.25) is 0 Å². The van der Waals surface area contributed by atoms with Gasteiger partial charge in [0.25, 0.3) is 0 Å². The smallest absolute Gasteiger partial charge is 0.317 e. The number of nitrogens with one attached hydrogen (secondary N) is 3. The number of hydrogen-bond acceptors (Lipinski definition) is 3. The SMILES string of the molecule is CNC(=O)NC1CN(C(=O)NCCOCc2ccc(Cl)cc2)C1. The third kappa shape index (κ3) is 5.61. The van der Waals surface area contributed by atoms with E-state index in [0.29, 0.717) is 37.9 Å². The molecule has 23 heavy (non-hydrogen) atoms. The van der Waals surface area contributed by atoms with Gasteiger partial charge in [-0.15, -0.1) is 0 Å². The molecule has 0 aliphatic carbocycles. The second-order valence-electron chi connectivity index (χ2n) is 5.24. The number of urea groups is 2. The number of hydrogen-bond donors (Lipinski definition) is 3. The fraction of sp³-hybridized carbons (Fsp3) is 0.467. The Labute approximate surface area is 140 Å². The molecule has 1 aromatic rings. The topological polar surface area (TPSA) is 82.7 Å². The number of halogens is 1. The summed E-state index contributed by atoms with van der Waals surface area (Å²) in [5.41, 5.74) is 1.03. The van der Waals surface area contributed by atoms with E-state index in [2.05, 4.69) is 16.0 Å². The van der Waals surface area contributed by atoms with Crippen molar-refractivity contribution in [3.05, 3.63) is 34.9 Å². The molecule has 1 aromatic carbocycles. The predicted octanol–water partition coefficient (Wildman–Crippen LogP) is 1.18. The monoisotopic (exact) mass is 340 g/mol. The number of amides is 4. The molecule has 1 fully saturated rings. The van der Waals surface area contributed by atoms with Gasteiger partial charge in [0.05, 0.1) is 19.3 Å². The van der Waals surface area contributed by atoms with Crippen LogP contribution in [0.5, 0.6) is 0 Å². The van der Waals surface area contributed by atoms with Crippen LogP contribution in [0.4, 0.5) is 9.59 Å². The number of nitrogens with zero attached hydrogens (tertiary/aromatic N) is 1. The lowest BCUT2D eigenvalue weighted by Crippen LogP contribution is -2.63. The summed E-state index contributed by atoms with van der Waals surface area (Å²) >= 11 is 5.81. The predicted molar refractivity (Wildman–Crippen MR) is 87.5 cm³/mol. The van der Waals surface area contributed by atoms with Crippen LogP contribution in [-0.2, 0) is 11.3 Å². The molecule has 0 unspecified atom stereocenters. The number of likely N-dealkylation sites (tertiary alicyclic amines) is 1. The van der Waals surface area contributed by atoms with E-state index in [0.717, 1.165) is 5.56 Å². The molecule has 7 nitrogen and oxygen atoms in total. The van der Waals surface area contributed by atoms with Gasteiger partial charge in [0.15, 0.2) is 0 Å². The van der Waals surface area contributed by atoms with Gasteiger partial charge in [0.2, 0.25) is 0 Å². The molecular weight excluding hydrogens is 320 g/mol. The molecule has 1 heterocycles. The lowest BCUT2D eigenvalue weighted by Gasteiger charge is -2.39. The minimum atomic E-state index is -0.231. The Morgan fingerprint density at radius 3 is 2.65 bits per heavy atom. The molecule has 0 radical (unpaired) electrons. The Hall–Kier alpha value is -1.99. The molecule has 0 atom stereocenters. The first-order valence-electron chi connectivity index (χ1n) is 7.41. The van der Waals surface area contributed by atoms with Gasteiger partial charge < -0.3 is 25.6 Å². The number of carbonyl (C=O) groups is 2. The summed E-state index contributed by atoms with van der Waals surface area (Å²) in [4.78, 5) is 24.6. The quantitative estimate of drug-likeness (QED) is 0.680. The number of benzene rings is 1. The van der Waals surface area contributed by atoms with E-state index >= 15 is 0 Å². The van der Waals surface area contributed by atoms with Crippen LogP contribution in [0.2, 0.25) is 5.02 Å². The highest BCUT2D eigenvalue weighted by Crippen LogP contribution is 2.10. The van der Waals surface area contributed by atoms with E-state index in [1.165, 1.54) is 0 Å².